The van der Waals surface area contributed by atoms with Crippen molar-refractivity contribution in [3.05, 3.63) is 29.8 Å². The highest BCUT2D eigenvalue weighted by Crippen LogP contribution is 2.16. The van der Waals surface area contributed by atoms with E-state index in [0.717, 1.165) is 18.6 Å². The lowest BCUT2D eigenvalue weighted by Crippen LogP contribution is -2.26. The van der Waals surface area contributed by atoms with Gasteiger partial charge in [-0.25, -0.2) is 8.78 Å². The van der Waals surface area contributed by atoms with Crippen LogP contribution in [-0.4, -0.2) is 26.1 Å². The summed E-state index contributed by atoms with van der Waals surface area (Å²) in [6.45, 7) is 1.72. The number of benzene rings is 1. The smallest absolute Gasteiger partial charge is 0.162 e. The largest absolute Gasteiger partial charge is 0.493 e. The topological polar surface area (TPSA) is 27.7 Å². The van der Waals surface area contributed by atoms with Gasteiger partial charge in [-0.1, -0.05) is 0 Å². The van der Waals surface area contributed by atoms with Gasteiger partial charge < -0.3 is 14.2 Å². The standard InChI is InChI=1S/C12H14F2O3/c13-10-3-2-9(8-11(10)14)15-7-4-12-16-5-1-6-17-12/h2-3,8,12H,1,4-7H2. The molecule has 94 valence electrons. The summed E-state index contributed by atoms with van der Waals surface area (Å²) in [5.74, 6) is -1.48. The third-order valence-corrected chi connectivity index (χ3v) is 2.41. The second-order valence-electron chi connectivity index (χ2n) is 3.74. The van der Waals surface area contributed by atoms with Gasteiger partial charge in [-0.2, -0.15) is 0 Å². The molecule has 5 heteroatoms. The first-order chi connectivity index (χ1) is 8.25. The molecular formula is C12H14F2O3. The van der Waals surface area contributed by atoms with Crippen molar-refractivity contribution >= 4 is 0 Å². The first kappa shape index (κ1) is 12.3. The molecule has 1 aliphatic heterocycles. The van der Waals surface area contributed by atoms with E-state index in [1.165, 1.54) is 6.07 Å². The summed E-state index contributed by atoms with van der Waals surface area (Å²) < 4.78 is 41.4. The van der Waals surface area contributed by atoms with Gasteiger partial charge in [0.15, 0.2) is 17.9 Å². The Balaban J connectivity index is 1.75. The lowest BCUT2D eigenvalue weighted by molar-refractivity contribution is -0.183. The molecule has 0 radical (unpaired) electrons. The predicted octanol–water partition coefficient (Wildman–Crippen LogP) is 2.50. The molecular weight excluding hydrogens is 230 g/mol. The van der Waals surface area contributed by atoms with Crippen molar-refractivity contribution in [1.29, 1.82) is 0 Å². The maximum absolute atomic E-state index is 12.9. The van der Waals surface area contributed by atoms with Gasteiger partial charge in [0.1, 0.15) is 5.75 Å². The van der Waals surface area contributed by atoms with E-state index in [2.05, 4.69) is 0 Å². The van der Waals surface area contributed by atoms with E-state index in [0.29, 0.717) is 32.0 Å². The minimum absolute atomic E-state index is 0.256. The van der Waals surface area contributed by atoms with Crippen LogP contribution in [0.3, 0.4) is 0 Å². The summed E-state index contributed by atoms with van der Waals surface area (Å²) >= 11 is 0. The van der Waals surface area contributed by atoms with Crippen LogP contribution in [0.4, 0.5) is 8.78 Å². The lowest BCUT2D eigenvalue weighted by atomic mass is 10.3. The zero-order chi connectivity index (χ0) is 12.1. The van der Waals surface area contributed by atoms with E-state index >= 15 is 0 Å². The lowest BCUT2D eigenvalue weighted by Gasteiger charge is -2.23. The molecule has 1 fully saturated rings. The summed E-state index contributed by atoms with van der Waals surface area (Å²) in [4.78, 5) is 0. The quantitative estimate of drug-likeness (QED) is 0.814. The maximum Gasteiger partial charge on any atom is 0.162 e. The van der Waals surface area contributed by atoms with E-state index in [4.69, 9.17) is 14.2 Å². The number of hydrogen-bond acceptors (Lipinski definition) is 3. The SMILES string of the molecule is Fc1ccc(OCCC2OCCCO2)cc1F. The second-order valence-corrected chi connectivity index (χ2v) is 3.74. The Kier molecular flexibility index (Phi) is 4.28. The molecule has 0 unspecified atom stereocenters. The van der Waals surface area contributed by atoms with Crippen LogP contribution in [0.25, 0.3) is 0 Å². The molecule has 0 saturated carbocycles. The zero-order valence-electron chi connectivity index (χ0n) is 9.33. The first-order valence-corrected chi connectivity index (χ1v) is 5.57. The Bertz CT molecular complexity index is 365. The average Bonchev–Trinajstić information content (AvgIpc) is 2.35. The minimum Gasteiger partial charge on any atom is -0.493 e. The Morgan fingerprint density at radius 1 is 1.18 bits per heavy atom. The van der Waals surface area contributed by atoms with Crippen molar-refractivity contribution in [3.63, 3.8) is 0 Å². The van der Waals surface area contributed by atoms with Gasteiger partial charge >= 0.3 is 0 Å². The average molecular weight is 244 g/mol. The van der Waals surface area contributed by atoms with E-state index in [1.807, 2.05) is 0 Å². The first-order valence-electron chi connectivity index (χ1n) is 5.57. The predicted molar refractivity (Wildman–Crippen MR) is 56.8 cm³/mol. The molecule has 0 spiro atoms. The minimum atomic E-state index is -0.910. The van der Waals surface area contributed by atoms with Crippen molar-refractivity contribution < 1.29 is 23.0 Å². The molecule has 1 heterocycles. The monoisotopic (exact) mass is 244 g/mol. The van der Waals surface area contributed by atoms with E-state index in [1.54, 1.807) is 0 Å². The molecule has 1 aromatic rings. The van der Waals surface area contributed by atoms with Crippen molar-refractivity contribution in [3.8, 4) is 5.75 Å². The van der Waals surface area contributed by atoms with Gasteiger partial charge in [-0.15, -0.1) is 0 Å². The Morgan fingerprint density at radius 3 is 2.65 bits per heavy atom. The maximum atomic E-state index is 12.9. The van der Waals surface area contributed by atoms with E-state index in [9.17, 15) is 8.78 Å². The summed E-state index contributed by atoms with van der Waals surface area (Å²) in [5, 5.41) is 0. The van der Waals surface area contributed by atoms with E-state index in [-0.39, 0.29) is 6.29 Å². The van der Waals surface area contributed by atoms with Crippen LogP contribution >= 0.6 is 0 Å². The fraction of sp³-hybridized carbons (Fsp3) is 0.500. The number of halogens is 2. The second kappa shape index (κ2) is 5.93. The highest BCUT2D eigenvalue weighted by molar-refractivity contribution is 5.23. The Labute approximate surface area is 98.3 Å². The number of hydrogen-bond donors (Lipinski definition) is 0. The summed E-state index contributed by atoms with van der Waals surface area (Å²) in [5.41, 5.74) is 0. The summed E-state index contributed by atoms with van der Waals surface area (Å²) in [6.07, 6.45) is 1.22. The third kappa shape index (κ3) is 3.64. The molecule has 1 saturated heterocycles. The van der Waals surface area contributed by atoms with E-state index < -0.39 is 11.6 Å². The molecule has 1 aliphatic rings. The Hall–Kier alpha value is -1.20. The molecule has 0 aromatic heterocycles. The van der Waals surface area contributed by atoms with Crippen molar-refractivity contribution in [1.82, 2.24) is 0 Å². The molecule has 17 heavy (non-hydrogen) atoms. The number of rotatable bonds is 4. The van der Waals surface area contributed by atoms with Crippen LogP contribution < -0.4 is 4.74 Å². The molecule has 0 amide bonds. The normalized spacial score (nSPS) is 17.1. The molecule has 0 aliphatic carbocycles. The fourth-order valence-electron chi connectivity index (χ4n) is 1.54. The van der Waals surface area contributed by atoms with Crippen LogP contribution in [0.15, 0.2) is 18.2 Å². The van der Waals surface area contributed by atoms with Crippen molar-refractivity contribution in [2.24, 2.45) is 0 Å². The molecule has 1 aromatic carbocycles. The molecule has 0 bridgehead atoms. The van der Waals surface area contributed by atoms with Gasteiger partial charge in [-0.05, 0) is 18.6 Å². The van der Waals surface area contributed by atoms with Gasteiger partial charge in [-0.3, -0.25) is 0 Å². The summed E-state index contributed by atoms with van der Waals surface area (Å²) in [7, 11) is 0. The molecule has 3 nitrogen and oxygen atoms in total. The third-order valence-electron chi connectivity index (χ3n) is 2.41. The fourth-order valence-corrected chi connectivity index (χ4v) is 1.54. The van der Waals surface area contributed by atoms with Gasteiger partial charge in [0, 0.05) is 12.5 Å². The van der Waals surface area contributed by atoms with Crippen LogP contribution in [0.5, 0.6) is 5.75 Å². The highest BCUT2D eigenvalue weighted by Gasteiger charge is 2.14. The van der Waals surface area contributed by atoms with Gasteiger partial charge in [0.2, 0.25) is 0 Å². The van der Waals surface area contributed by atoms with Gasteiger partial charge in [0.25, 0.3) is 0 Å². The number of ether oxygens (including phenoxy) is 3. The van der Waals surface area contributed by atoms with Crippen molar-refractivity contribution in [2.45, 2.75) is 19.1 Å². The van der Waals surface area contributed by atoms with Crippen LogP contribution in [0.1, 0.15) is 12.8 Å². The Morgan fingerprint density at radius 2 is 1.94 bits per heavy atom. The van der Waals surface area contributed by atoms with Crippen LogP contribution in [0.2, 0.25) is 0 Å². The van der Waals surface area contributed by atoms with Crippen LogP contribution in [0, 0.1) is 11.6 Å². The summed E-state index contributed by atoms with van der Waals surface area (Å²) in [6, 6.07) is 3.46. The van der Waals surface area contributed by atoms with Crippen molar-refractivity contribution in [2.75, 3.05) is 19.8 Å². The van der Waals surface area contributed by atoms with Gasteiger partial charge in [0.05, 0.1) is 19.8 Å². The van der Waals surface area contributed by atoms with Crippen LogP contribution in [-0.2, 0) is 9.47 Å². The zero-order valence-corrected chi connectivity index (χ0v) is 9.33. The molecule has 2 rings (SSSR count). The highest BCUT2D eigenvalue weighted by atomic mass is 19.2. The molecule has 0 N–H and O–H groups in total. The molecule has 0 atom stereocenters.